The molecule has 7 heavy (non-hydrogen) atoms. The molecule has 0 aliphatic carbocycles. The monoisotopic (exact) mass is 92.1 g/mol. The molecule has 1 aliphatic heterocycles. The van der Waals surface area contributed by atoms with Gasteiger partial charge in [-0.2, -0.15) is 0 Å². The Balaban J connectivity index is 0.000000360. The molecular weight excluding hydrogens is 84.0 g/mol. The average Bonchev–Trinajstić information content (AvgIpc) is 1.72. The van der Waals surface area contributed by atoms with E-state index in [4.69, 9.17) is 9.47 Å². The summed E-state index contributed by atoms with van der Waals surface area (Å²) in [5.41, 5.74) is 0. The Morgan fingerprint density at radius 3 is 1.14 bits per heavy atom. The standard InChI is InChI=1S/C4H8O2.He/c1-2-6-4-3-5-1;/h1-4H2;. The van der Waals surface area contributed by atoms with E-state index in [9.17, 15) is 0 Å². The Morgan fingerprint density at radius 2 is 1.00 bits per heavy atom. The van der Waals surface area contributed by atoms with Gasteiger partial charge in [0, 0.05) is 6.15 Å². The van der Waals surface area contributed by atoms with E-state index in [1.54, 1.807) is 0 Å². The molecule has 0 N–H and O–H groups in total. The van der Waals surface area contributed by atoms with Crippen molar-refractivity contribution in [3.8, 4) is 0 Å². The number of ether oxygens (including phenoxy) is 2. The third-order valence-corrected chi connectivity index (χ3v) is 0.744. The third-order valence-electron chi connectivity index (χ3n) is 0.744. The van der Waals surface area contributed by atoms with Gasteiger partial charge in [-0.25, -0.2) is 0 Å². The molecule has 1 heterocycles. The van der Waals surface area contributed by atoms with Gasteiger partial charge in [-0.05, 0) is 0 Å². The first-order chi connectivity index (χ1) is 3.00. The molecule has 0 saturated carbocycles. The minimum atomic E-state index is 0. The Labute approximate surface area is 43.2 Å². The van der Waals surface area contributed by atoms with Crippen LogP contribution in [0, 0.1) is 6.15 Å². The third kappa shape index (κ3) is 2.52. The van der Waals surface area contributed by atoms with Crippen LogP contribution in [0.1, 0.15) is 0 Å². The zero-order chi connectivity index (χ0) is 4.24. The van der Waals surface area contributed by atoms with Crippen molar-refractivity contribution in [2.45, 2.75) is 0 Å². The van der Waals surface area contributed by atoms with Crippen LogP contribution in [-0.4, -0.2) is 26.4 Å². The summed E-state index contributed by atoms with van der Waals surface area (Å²) in [6.07, 6.45) is 0. The van der Waals surface area contributed by atoms with Crippen LogP contribution in [0.2, 0.25) is 0 Å². The summed E-state index contributed by atoms with van der Waals surface area (Å²) in [5.74, 6) is 0. The molecule has 1 rings (SSSR count). The normalized spacial score (nSPS) is 20.6. The van der Waals surface area contributed by atoms with E-state index in [0.717, 1.165) is 26.4 Å². The van der Waals surface area contributed by atoms with E-state index in [2.05, 4.69) is 0 Å². The molecule has 0 spiro atoms. The van der Waals surface area contributed by atoms with Gasteiger partial charge >= 0.3 is 0 Å². The van der Waals surface area contributed by atoms with Crippen molar-refractivity contribution in [1.29, 1.82) is 0 Å². The quantitative estimate of drug-likeness (QED) is 0.420. The van der Waals surface area contributed by atoms with Gasteiger partial charge in [0.2, 0.25) is 0 Å². The fourth-order valence-electron chi connectivity index (χ4n) is 0.440. The Morgan fingerprint density at radius 1 is 0.714 bits per heavy atom. The molecule has 0 unspecified atom stereocenters. The van der Waals surface area contributed by atoms with Crippen molar-refractivity contribution in [3.05, 3.63) is 0 Å². The van der Waals surface area contributed by atoms with Crippen LogP contribution >= 0.6 is 0 Å². The summed E-state index contributed by atoms with van der Waals surface area (Å²) in [6.45, 7) is 3.11. The maximum Gasteiger partial charge on any atom is 0.0701 e. The summed E-state index contributed by atoms with van der Waals surface area (Å²) < 4.78 is 9.89. The summed E-state index contributed by atoms with van der Waals surface area (Å²) >= 11 is 0. The fourth-order valence-corrected chi connectivity index (χ4v) is 0.440. The van der Waals surface area contributed by atoms with E-state index in [-0.39, 0.29) is 6.15 Å². The largest absolute Gasteiger partial charge is 0.377 e. The SMILES string of the molecule is C1COCCO1.[He]. The molecule has 0 radical (unpaired) electrons. The van der Waals surface area contributed by atoms with Crippen molar-refractivity contribution in [2.24, 2.45) is 0 Å². The Kier molecular flexibility index (Phi) is 3.90. The maximum atomic E-state index is 4.94. The molecule has 0 aromatic heterocycles. The zero-order valence-corrected chi connectivity index (χ0v) is 4.35. The van der Waals surface area contributed by atoms with E-state index in [1.165, 1.54) is 0 Å². The predicted molar refractivity (Wildman–Crippen MR) is 21.6 cm³/mol. The summed E-state index contributed by atoms with van der Waals surface area (Å²) in [6, 6.07) is 0. The maximum absolute atomic E-state index is 4.94. The van der Waals surface area contributed by atoms with E-state index >= 15 is 0 Å². The molecular formula is C4H8HeO2. The van der Waals surface area contributed by atoms with Gasteiger partial charge in [0.05, 0.1) is 26.4 Å². The Bertz CT molecular complexity index is 25.2. The minimum absolute atomic E-state index is 0. The van der Waals surface area contributed by atoms with Crippen LogP contribution in [0.5, 0.6) is 0 Å². The first-order valence-corrected chi connectivity index (χ1v) is 2.15. The van der Waals surface area contributed by atoms with Gasteiger partial charge in [0.25, 0.3) is 0 Å². The van der Waals surface area contributed by atoms with Gasteiger partial charge < -0.3 is 9.47 Å². The molecule has 0 aromatic carbocycles. The van der Waals surface area contributed by atoms with Gasteiger partial charge in [-0.15, -0.1) is 0 Å². The van der Waals surface area contributed by atoms with Crippen LogP contribution < -0.4 is 0 Å². The van der Waals surface area contributed by atoms with Crippen molar-refractivity contribution in [2.75, 3.05) is 26.4 Å². The molecule has 0 bridgehead atoms. The van der Waals surface area contributed by atoms with E-state index in [1.807, 2.05) is 0 Å². The summed E-state index contributed by atoms with van der Waals surface area (Å²) in [7, 11) is 0. The van der Waals surface area contributed by atoms with Gasteiger partial charge in [-0.3, -0.25) is 0 Å². The fraction of sp³-hybridized carbons (Fsp3) is 1.00. The van der Waals surface area contributed by atoms with E-state index in [0.29, 0.717) is 0 Å². The molecule has 0 aromatic rings. The number of hydrogen-bond donors (Lipinski definition) is 0. The average molecular weight is 92.1 g/mol. The molecule has 1 saturated heterocycles. The summed E-state index contributed by atoms with van der Waals surface area (Å²) in [5, 5.41) is 0. The van der Waals surface area contributed by atoms with Crippen molar-refractivity contribution < 1.29 is 15.6 Å². The second-order valence-corrected chi connectivity index (χ2v) is 1.22. The van der Waals surface area contributed by atoms with Crippen molar-refractivity contribution in [3.63, 3.8) is 0 Å². The van der Waals surface area contributed by atoms with Crippen molar-refractivity contribution >= 4 is 0 Å². The summed E-state index contributed by atoms with van der Waals surface area (Å²) in [4.78, 5) is 0. The molecule has 0 atom stereocenters. The molecule has 0 amide bonds. The topological polar surface area (TPSA) is 18.5 Å². The molecule has 3 heteroatoms. The minimum Gasteiger partial charge on any atom is -0.377 e. The first kappa shape index (κ1) is 6.83. The van der Waals surface area contributed by atoms with Gasteiger partial charge in [0.15, 0.2) is 0 Å². The van der Waals surface area contributed by atoms with Crippen molar-refractivity contribution in [1.82, 2.24) is 0 Å². The van der Waals surface area contributed by atoms with E-state index < -0.39 is 0 Å². The zero-order valence-electron chi connectivity index (χ0n) is 4.35. The number of hydrogen-bond acceptors (Lipinski definition) is 2. The van der Waals surface area contributed by atoms with Gasteiger partial charge in [-0.1, -0.05) is 0 Å². The van der Waals surface area contributed by atoms with Crippen LogP contribution in [0.25, 0.3) is 0 Å². The second kappa shape index (κ2) is 4.00. The number of rotatable bonds is 0. The smallest absolute Gasteiger partial charge is 0.0701 e. The second-order valence-electron chi connectivity index (χ2n) is 1.22. The Hall–Kier alpha value is -0.171. The van der Waals surface area contributed by atoms with Crippen LogP contribution in [0.15, 0.2) is 0 Å². The molecule has 1 aliphatic rings. The van der Waals surface area contributed by atoms with Crippen LogP contribution in [-0.2, 0) is 9.47 Å². The first-order valence-electron chi connectivity index (χ1n) is 2.15. The molecule has 38 valence electrons. The van der Waals surface area contributed by atoms with Crippen LogP contribution in [0.4, 0.5) is 0 Å². The predicted octanol–water partition coefficient (Wildman–Crippen LogP) is 0.0332. The molecule has 1 fully saturated rings. The van der Waals surface area contributed by atoms with Crippen LogP contribution in [0.3, 0.4) is 0 Å². The molecule has 2 nitrogen and oxygen atoms in total. The van der Waals surface area contributed by atoms with Gasteiger partial charge in [0.1, 0.15) is 0 Å².